The number of phenols is 1. The predicted molar refractivity (Wildman–Crippen MR) is 98.6 cm³/mol. The molecule has 0 atom stereocenters. The van der Waals surface area contributed by atoms with Crippen LogP contribution < -0.4 is 10.1 Å². The number of imidazole rings is 1. The minimum atomic E-state index is 0.206. The molecular weight excluding hydrogens is 314 g/mol. The van der Waals surface area contributed by atoms with E-state index in [1.54, 1.807) is 19.2 Å². The van der Waals surface area contributed by atoms with E-state index in [9.17, 15) is 5.11 Å². The smallest absolute Gasteiger partial charge is 0.143 e. The molecule has 2 N–H and O–H groups in total. The fourth-order valence-electron chi connectivity index (χ4n) is 2.85. The summed E-state index contributed by atoms with van der Waals surface area (Å²) in [5, 5.41) is 13.3. The number of nitrogens with one attached hydrogen (secondary N) is 1. The molecule has 5 nitrogen and oxygen atoms in total. The number of nitrogens with zero attached hydrogens (tertiary/aromatic N) is 2. The van der Waals surface area contributed by atoms with Crippen LogP contribution in [0.5, 0.6) is 11.5 Å². The van der Waals surface area contributed by atoms with Crippen molar-refractivity contribution in [1.29, 1.82) is 0 Å². The lowest BCUT2D eigenvalue weighted by atomic mass is 10.1. The predicted octanol–water partition coefficient (Wildman–Crippen LogP) is 4.46. The Kier molecular flexibility index (Phi) is 3.74. The molecule has 0 fully saturated rings. The van der Waals surface area contributed by atoms with Crippen LogP contribution in [0.15, 0.2) is 72.9 Å². The Bertz CT molecular complexity index is 1040. The van der Waals surface area contributed by atoms with Crippen molar-refractivity contribution < 1.29 is 9.84 Å². The number of benzene rings is 2. The van der Waals surface area contributed by atoms with Crippen LogP contribution in [0.1, 0.15) is 0 Å². The molecule has 25 heavy (non-hydrogen) atoms. The number of anilines is 2. The maximum absolute atomic E-state index is 9.84. The number of fused-ring (bicyclic) bond motifs is 1. The zero-order valence-corrected chi connectivity index (χ0v) is 13.7. The van der Waals surface area contributed by atoms with E-state index < -0.39 is 0 Å². The summed E-state index contributed by atoms with van der Waals surface area (Å²) < 4.78 is 7.42. The van der Waals surface area contributed by atoms with Gasteiger partial charge >= 0.3 is 0 Å². The Morgan fingerprint density at radius 1 is 1.00 bits per heavy atom. The van der Waals surface area contributed by atoms with Crippen LogP contribution in [-0.4, -0.2) is 21.6 Å². The lowest BCUT2D eigenvalue weighted by molar-refractivity contribution is 0.417. The Labute approximate surface area is 145 Å². The Hall–Kier alpha value is -3.47. The molecule has 0 amide bonds. The number of rotatable bonds is 4. The van der Waals surface area contributed by atoms with Gasteiger partial charge in [-0.15, -0.1) is 0 Å². The normalized spacial score (nSPS) is 10.8. The molecule has 124 valence electrons. The van der Waals surface area contributed by atoms with Gasteiger partial charge in [0, 0.05) is 11.8 Å². The lowest BCUT2D eigenvalue weighted by Crippen LogP contribution is -1.99. The fourth-order valence-corrected chi connectivity index (χ4v) is 2.85. The summed E-state index contributed by atoms with van der Waals surface area (Å²) in [5.41, 5.74) is 3.25. The average Bonchev–Trinajstić information content (AvgIpc) is 3.01. The van der Waals surface area contributed by atoms with Crippen LogP contribution >= 0.6 is 0 Å². The summed E-state index contributed by atoms with van der Waals surface area (Å²) in [6.07, 6.45) is 1.95. The summed E-state index contributed by atoms with van der Waals surface area (Å²) in [5.74, 6) is 1.76. The van der Waals surface area contributed by atoms with E-state index in [0.29, 0.717) is 0 Å². The summed E-state index contributed by atoms with van der Waals surface area (Å²) >= 11 is 0. The van der Waals surface area contributed by atoms with Gasteiger partial charge in [-0.05, 0) is 36.4 Å². The van der Waals surface area contributed by atoms with Crippen LogP contribution in [0, 0.1) is 0 Å². The zero-order chi connectivity index (χ0) is 17.2. The topological polar surface area (TPSA) is 58.8 Å². The first-order valence-corrected chi connectivity index (χ1v) is 7.93. The van der Waals surface area contributed by atoms with Crippen LogP contribution in [0.3, 0.4) is 0 Å². The molecule has 2 aromatic heterocycles. The Morgan fingerprint density at radius 2 is 1.84 bits per heavy atom. The number of methoxy groups -OCH3 is 1. The zero-order valence-electron chi connectivity index (χ0n) is 13.7. The molecule has 2 aromatic carbocycles. The highest BCUT2D eigenvalue weighted by molar-refractivity contribution is 5.81. The summed E-state index contributed by atoms with van der Waals surface area (Å²) in [7, 11) is 1.64. The molecule has 5 heteroatoms. The van der Waals surface area contributed by atoms with E-state index in [1.807, 2.05) is 65.2 Å². The summed E-state index contributed by atoms with van der Waals surface area (Å²) in [6, 6.07) is 20.7. The van der Waals surface area contributed by atoms with Gasteiger partial charge in [0.25, 0.3) is 0 Å². The van der Waals surface area contributed by atoms with Gasteiger partial charge in [-0.2, -0.15) is 0 Å². The summed E-state index contributed by atoms with van der Waals surface area (Å²) in [6.45, 7) is 0. The number of hydrogen-bond donors (Lipinski definition) is 2. The molecule has 0 aliphatic rings. The second-order valence-electron chi connectivity index (χ2n) is 5.61. The quantitative estimate of drug-likeness (QED) is 0.580. The molecule has 0 saturated carbocycles. The molecule has 2 heterocycles. The molecule has 0 aliphatic heterocycles. The van der Waals surface area contributed by atoms with Gasteiger partial charge in [0.05, 0.1) is 12.8 Å². The van der Waals surface area contributed by atoms with Gasteiger partial charge in [-0.3, -0.25) is 4.40 Å². The molecule has 4 aromatic rings. The van der Waals surface area contributed by atoms with Crippen molar-refractivity contribution in [3.8, 4) is 22.8 Å². The van der Waals surface area contributed by atoms with E-state index in [2.05, 4.69) is 5.32 Å². The summed E-state index contributed by atoms with van der Waals surface area (Å²) in [4.78, 5) is 4.72. The van der Waals surface area contributed by atoms with Crippen molar-refractivity contribution in [3.63, 3.8) is 0 Å². The number of para-hydroxylation sites is 2. The second-order valence-corrected chi connectivity index (χ2v) is 5.61. The Morgan fingerprint density at radius 3 is 2.68 bits per heavy atom. The second kappa shape index (κ2) is 6.20. The van der Waals surface area contributed by atoms with Crippen molar-refractivity contribution in [2.24, 2.45) is 0 Å². The first-order valence-electron chi connectivity index (χ1n) is 7.93. The standard InChI is InChI=1S/C20H17N3O2/c1-25-17-10-3-2-9-16(17)21-20-19(14-7-6-8-15(24)13-14)22-18-11-4-5-12-23(18)20/h2-13,21,24H,1H3. The number of hydrogen-bond acceptors (Lipinski definition) is 4. The van der Waals surface area contributed by atoms with Gasteiger partial charge in [0.1, 0.15) is 28.7 Å². The van der Waals surface area contributed by atoms with E-state index in [0.717, 1.165) is 34.2 Å². The molecule has 0 spiro atoms. The van der Waals surface area contributed by atoms with Gasteiger partial charge in [-0.25, -0.2) is 4.98 Å². The van der Waals surface area contributed by atoms with Crippen LogP contribution in [-0.2, 0) is 0 Å². The van der Waals surface area contributed by atoms with Gasteiger partial charge in [-0.1, -0.05) is 30.3 Å². The van der Waals surface area contributed by atoms with Gasteiger partial charge < -0.3 is 15.2 Å². The van der Waals surface area contributed by atoms with Crippen molar-refractivity contribution in [3.05, 3.63) is 72.9 Å². The maximum atomic E-state index is 9.84. The van der Waals surface area contributed by atoms with E-state index >= 15 is 0 Å². The molecule has 0 unspecified atom stereocenters. The SMILES string of the molecule is COc1ccccc1Nc1c(-c2cccc(O)c2)nc2ccccn12. The van der Waals surface area contributed by atoms with Gasteiger partial charge in [0.2, 0.25) is 0 Å². The molecule has 0 bridgehead atoms. The van der Waals surface area contributed by atoms with E-state index in [4.69, 9.17) is 9.72 Å². The molecule has 0 saturated heterocycles. The monoisotopic (exact) mass is 331 g/mol. The van der Waals surface area contributed by atoms with Crippen molar-refractivity contribution >= 4 is 17.2 Å². The van der Waals surface area contributed by atoms with Crippen molar-refractivity contribution in [2.75, 3.05) is 12.4 Å². The molecular formula is C20H17N3O2. The van der Waals surface area contributed by atoms with Crippen molar-refractivity contribution in [2.45, 2.75) is 0 Å². The van der Waals surface area contributed by atoms with E-state index in [-0.39, 0.29) is 5.75 Å². The minimum Gasteiger partial charge on any atom is -0.508 e. The highest BCUT2D eigenvalue weighted by Gasteiger charge is 2.15. The third-order valence-electron chi connectivity index (χ3n) is 4.01. The lowest BCUT2D eigenvalue weighted by Gasteiger charge is -2.12. The fraction of sp³-hybridized carbons (Fsp3) is 0.0500. The average molecular weight is 331 g/mol. The third kappa shape index (κ3) is 2.76. The third-order valence-corrected chi connectivity index (χ3v) is 4.01. The molecule has 0 radical (unpaired) electrons. The number of ether oxygens (including phenoxy) is 1. The Balaban J connectivity index is 1.91. The largest absolute Gasteiger partial charge is 0.508 e. The number of aromatic nitrogens is 2. The first kappa shape index (κ1) is 15.1. The highest BCUT2D eigenvalue weighted by atomic mass is 16.5. The number of aromatic hydroxyl groups is 1. The van der Waals surface area contributed by atoms with E-state index in [1.165, 1.54) is 0 Å². The highest BCUT2D eigenvalue weighted by Crippen LogP contribution is 2.35. The maximum Gasteiger partial charge on any atom is 0.143 e. The molecule has 0 aliphatic carbocycles. The van der Waals surface area contributed by atoms with Crippen LogP contribution in [0.2, 0.25) is 0 Å². The van der Waals surface area contributed by atoms with Crippen molar-refractivity contribution in [1.82, 2.24) is 9.38 Å². The minimum absolute atomic E-state index is 0.206. The first-order chi connectivity index (χ1) is 12.3. The molecule has 4 rings (SSSR count). The number of pyridine rings is 1. The van der Waals surface area contributed by atoms with Crippen LogP contribution in [0.25, 0.3) is 16.9 Å². The van der Waals surface area contributed by atoms with Gasteiger partial charge in [0.15, 0.2) is 0 Å². The van der Waals surface area contributed by atoms with Crippen LogP contribution in [0.4, 0.5) is 11.5 Å². The number of phenolic OH excluding ortho intramolecular Hbond substituents is 1.